The minimum absolute atomic E-state index is 0.0725. The molecule has 1 amide bonds. The van der Waals surface area contributed by atoms with E-state index in [0.29, 0.717) is 31.1 Å². The molecule has 4 rings (SSSR count). The number of nitrogens with zero attached hydrogens (tertiary/aromatic N) is 6. The molecule has 0 radical (unpaired) electrons. The van der Waals surface area contributed by atoms with Crippen LogP contribution >= 0.6 is 0 Å². The van der Waals surface area contributed by atoms with Gasteiger partial charge in [-0.15, -0.1) is 0 Å². The van der Waals surface area contributed by atoms with E-state index in [9.17, 15) is 4.79 Å². The summed E-state index contributed by atoms with van der Waals surface area (Å²) >= 11 is 0. The number of carbonyl (C=O) groups is 1. The fourth-order valence-corrected chi connectivity index (χ4v) is 2.72. The average Bonchev–Trinajstić information content (AvgIpc) is 3.23. The van der Waals surface area contributed by atoms with Crippen LogP contribution in [0.25, 0.3) is 5.82 Å². The third-order valence-corrected chi connectivity index (χ3v) is 4.00. The van der Waals surface area contributed by atoms with Crippen LogP contribution in [0.4, 0.5) is 0 Å². The SMILES string of the molecule is O=C(c1ccc(-n2cccn2)nc1)N1CCOC(c2cnccn2)C1. The molecule has 0 aromatic carbocycles. The molecule has 1 atom stereocenters. The lowest BCUT2D eigenvalue weighted by Crippen LogP contribution is -2.42. The number of carbonyl (C=O) groups excluding carboxylic acids is 1. The van der Waals surface area contributed by atoms with Crippen molar-refractivity contribution in [2.75, 3.05) is 19.7 Å². The van der Waals surface area contributed by atoms with E-state index in [1.807, 2.05) is 6.07 Å². The van der Waals surface area contributed by atoms with Crippen molar-refractivity contribution in [2.45, 2.75) is 6.10 Å². The molecule has 1 saturated heterocycles. The van der Waals surface area contributed by atoms with E-state index in [0.717, 1.165) is 5.69 Å². The van der Waals surface area contributed by atoms with Gasteiger partial charge in [0.05, 0.1) is 30.6 Å². The molecule has 8 nitrogen and oxygen atoms in total. The summed E-state index contributed by atoms with van der Waals surface area (Å²) < 4.78 is 7.37. The highest BCUT2D eigenvalue weighted by Crippen LogP contribution is 2.21. The second kappa shape index (κ2) is 6.78. The fraction of sp³-hybridized carbons (Fsp3) is 0.235. The first kappa shape index (κ1) is 15.4. The van der Waals surface area contributed by atoms with Gasteiger partial charge in [0.1, 0.15) is 6.10 Å². The van der Waals surface area contributed by atoms with Gasteiger partial charge in [0, 0.05) is 37.5 Å². The molecule has 8 heteroatoms. The Labute approximate surface area is 144 Å². The number of hydrogen-bond acceptors (Lipinski definition) is 6. The highest BCUT2D eigenvalue weighted by molar-refractivity contribution is 5.94. The summed E-state index contributed by atoms with van der Waals surface area (Å²) in [6.07, 6.45) is 9.70. The first-order valence-corrected chi connectivity index (χ1v) is 7.94. The summed E-state index contributed by atoms with van der Waals surface area (Å²) in [4.78, 5) is 27.1. The highest BCUT2D eigenvalue weighted by atomic mass is 16.5. The number of hydrogen-bond donors (Lipinski definition) is 0. The van der Waals surface area contributed by atoms with Gasteiger partial charge in [-0.2, -0.15) is 5.10 Å². The summed E-state index contributed by atoms with van der Waals surface area (Å²) in [5.74, 6) is 0.595. The van der Waals surface area contributed by atoms with Crippen LogP contribution in [0.1, 0.15) is 22.2 Å². The van der Waals surface area contributed by atoms with Crippen molar-refractivity contribution >= 4 is 5.91 Å². The lowest BCUT2D eigenvalue weighted by Gasteiger charge is -2.32. The van der Waals surface area contributed by atoms with Gasteiger partial charge in [-0.3, -0.25) is 14.8 Å². The molecule has 3 aromatic heterocycles. The molecule has 0 saturated carbocycles. The van der Waals surface area contributed by atoms with Crippen LogP contribution in [0.15, 0.2) is 55.4 Å². The van der Waals surface area contributed by atoms with Gasteiger partial charge >= 0.3 is 0 Å². The van der Waals surface area contributed by atoms with Crippen LogP contribution < -0.4 is 0 Å². The Morgan fingerprint density at radius 3 is 2.84 bits per heavy atom. The monoisotopic (exact) mass is 336 g/mol. The lowest BCUT2D eigenvalue weighted by molar-refractivity contribution is -0.0249. The number of pyridine rings is 1. The molecule has 1 fully saturated rings. The third kappa shape index (κ3) is 3.24. The molecule has 126 valence electrons. The maximum Gasteiger partial charge on any atom is 0.255 e. The molecule has 0 N–H and O–H groups in total. The lowest BCUT2D eigenvalue weighted by atomic mass is 10.1. The molecule has 1 aliphatic heterocycles. The maximum absolute atomic E-state index is 12.7. The zero-order valence-corrected chi connectivity index (χ0v) is 13.4. The van der Waals surface area contributed by atoms with Crippen LogP contribution in [-0.4, -0.2) is 55.2 Å². The number of morpholine rings is 1. The minimum atomic E-state index is -0.261. The molecule has 4 heterocycles. The Kier molecular flexibility index (Phi) is 4.17. The molecule has 0 bridgehead atoms. The van der Waals surface area contributed by atoms with Crippen LogP contribution in [0.3, 0.4) is 0 Å². The fourth-order valence-electron chi connectivity index (χ4n) is 2.72. The molecule has 0 spiro atoms. The summed E-state index contributed by atoms with van der Waals surface area (Å²) in [7, 11) is 0. The molecule has 25 heavy (non-hydrogen) atoms. The Morgan fingerprint density at radius 2 is 2.12 bits per heavy atom. The van der Waals surface area contributed by atoms with Crippen molar-refractivity contribution in [3.05, 3.63) is 66.6 Å². The van der Waals surface area contributed by atoms with Crippen LogP contribution in [0.2, 0.25) is 0 Å². The maximum atomic E-state index is 12.7. The van der Waals surface area contributed by atoms with Gasteiger partial charge in [-0.25, -0.2) is 9.67 Å². The molecule has 1 aliphatic rings. The number of rotatable bonds is 3. The Bertz CT molecular complexity index is 835. The predicted molar refractivity (Wildman–Crippen MR) is 88.0 cm³/mol. The Morgan fingerprint density at radius 1 is 1.16 bits per heavy atom. The van der Waals surface area contributed by atoms with Crippen molar-refractivity contribution < 1.29 is 9.53 Å². The van der Waals surface area contributed by atoms with Crippen molar-refractivity contribution in [3.63, 3.8) is 0 Å². The third-order valence-electron chi connectivity index (χ3n) is 4.00. The quantitative estimate of drug-likeness (QED) is 0.716. The molecular weight excluding hydrogens is 320 g/mol. The standard InChI is InChI=1S/C17H16N6O2/c24-17(13-2-3-16(20-10-13)23-7-1-4-21-23)22-8-9-25-15(12-22)14-11-18-5-6-19-14/h1-7,10-11,15H,8-9,12H2. The van der Waals surface area contributed by atoms with Gasteiger partial charge in [-0.05, 0) is 18.2 Å². The smallest absolute Gasteiger partial charge is 0.255 e. The van der Waals surface area contributed by atoms with E-state index < -0.39 is 0 Å². The second-order valence-electron chi connectivity index (χ2n) is 5.60. The van der Waals surface area contributed by atoms with Crippen LogP contribution in [-0.2, 0) is 4.74 Å². The molecular formula is C17H16N6O2. The van der Waals surface area contributed by atoms with Crippen LogP contribution in [0.5, 0.6) is 0 Å². The van der Waals surface area contributed by atoms with Gasteiger partial charge < -0.3 is 9.64 Å². The van der Waals surface area contributed by atoms with Gasteiger partial charge in [0.2, 0.25) is 0 Å². The second-order valence-corrected chi connectivity index (χ2v) is 5.60. The zero-order chi connectivity index (χ0) is 17.1. The summed E-state index contributed by atoms with van der Waals surface area (Å²) in [6.45, 7) is 1.45. The van der Waals surface area contributed by atoms with Crippen molar-refractivity contribution in [1.82, 2.24) is 29.6 Å². The van der Waals surface area contributed by atoms with E-state index in [4.69, 9.17) is 4.74 Å². The first-order valence-electron chi connectivity index (χ1n) is 7.94. The van der Waals surface area contributed by atoms with E-state index in [-0.39, 0.29) is 12.0 Å². The number of aromatic nitrogens is 5. The summed E-state index contributed by atoms with van der Waals surface area (Å²) in [6, 6.07) is 5.36. The van der Waals surface area contributed by atoms with Gasteiger partial charge in [0.15, 0.2) is 5.82 Å². The molecule has 0 aliphatic carbocycles. The van der Waals surface area contributed by atoms with Crippen LogP contribution in [0, 0.1) is 0 Å². The van der Waals surface area contributed by atoms with Gasteiger partial charge in [-0.1, -0.05) is 0 Å². The van der Waals surface area contributed by atoms with E-state index in [1.54, 1.807) is 58.9 Å². The van der Waals surface area contributed by atoms with Crippen molar-refractivity contribution in [2.24, 2.45) is 0 Å². The molecule has 3 aromatic rings. The van der Waals surface area contributed by atoms with E-state index in [2.05, 4.69) is 20.1 Å². The average molecular weight is 336 g/mol. The Balaban J connectivity index is 1.48. The zero-order valence-electron chi connectivity index (χ0n) is 13.4. The van der Waals surface area contributed by atoms with Gasteiger partial charge in [0.25, 0.3) is 5.91 Å². The highest BCUT2D eigenvalue weighted by Gasteiger charge is 2.27. The summed E-state index contributed by atoms with van der Waals surface area (Å²) in [5.41, 5.74) is 1.27. The van der Waals surface area contributed by atoms with Crippen molar-refractivity contribution in [1.29, 1.82) is 0 Å². The van der Waals surface area contributed by atoms with Crippen molar-refractivity contribution in [3.8, 4) is 5.82 Å². The number of amides is 1. The largest absolute Gasteiger partial charge is 0.368 e. The van der Waals surface area contributed by atoms with E-state index in [1.165, 1.54) is 0 Å². The number of ether oxygens (including phenoxy) is 1. The minimum Gasteiger partial charge on any atom is -0.368 e. The van der Waals surface area contributed by atoms with E-state index >= 15 is 0 Å². The topological polar surface area (TPSA) is 86.0 Å². The first-order chi connectivity index (χ1) is 12.3. The Hall–Kier alpha value is -3.13. The predicted octanol–water partition coefficient (Wildman–Crippen LogP) is 1.27. The normalized spacial score (nSPS) is 17.4. The summed E-state index contributed by atoms with van der Waals surface area (Å²) in [5, 5.41) is 4.12. The molecule has 1 unspecified atom stereocenters.